The van der Waals surface area contributed by atoms with Crippen molar-refractivity contribution in [3.8, 4) is 0 Å². The Balaban J connectivity index is 0.00000385. The molecule has 0 atom stereocenters. The number of halogens is 4. The van der Waals surface area contributed by atoms with Gasteiger partial charge in [0.15, 0.2) is 5.96 Å². The third-order valence-corrected chi connectivity index (χ3v) is 4.58. The summed E-state index contributed by atoms with van der Waals surface area (Å²) in [6.07, 6.45) is -0.497. The summed E-state index contributed by atoms with van der Waals surface area (Å²) in [5.74, 6) is 0.637. The van der Waals surface area contributed by atoms with E-state index in [1.807, 2.05) is 47.4 Å². The molecule has 0 aliphatic carbocycles. The topological polar surface area (TPSA) is 63.5 Å². The number of nitrogens with zero attached hydrogens (tertiary/aromatic N) is 3. The summed E-state index contributed by atoms with van der Waals surface area (Å²) in [6.45, 7) is 0.490. The van der Waals surface area contributed by atoms with Gasteiger partial charge in [-0.05, 0) is 16.7 Å². The van der Waals surface area contributed by atoms with Gasteiger partial charge in [-0.1, -0.05) is 54.6 Å². The molecule has 3 rings (SSSR count). The van der Waals surface area contributed by atoms with Gasteiger partial charge in [0.1, 0.15) is 6.61 Å². The van der Waals surface area contributed by atoms with E-state index in [1.165, 1.54) is 5.56 Å². The third-order valence-electron chi connectivity index (χ3n) is 4.58. The van der Waals surface area contributed by atoms with Crippen LogP contribution in [0.25, 0.3) is 0 Å². The van der Waals surface area contributed by atoms with Gasteiger partial charge >= 0.3 is 6.18 Å². The molecular formula is C23H27F3IN5O. The molecule has 2 aromatic carbocycles. The highest BCUT2D eigenvalue weighted by molar-refractivity contribution is 14.0. The Bertz CT molecular complexity index is 991. The van der Waals surface area contributed by atoms with Crippen LogP contribution in [0.15, 0.2) is 72.0 Å². The molecule has 0 saturated heterocycles. The molecule has 3 aromatic rings. The molecule has 0 amide bonds. The van der Waals surface area contributed by atoms with Crippen molar-refractivity contribution in [2.45, 2.75) is 32.4 Å². The van der Waals surface area contributed by atoms with Gasteiger partial charge in [0, 0.05) is 31.9 Å². The van der Waals surface area contributed by atoms with E-state index >= 15 is 0 Å². The van der Waals surface area contributed by atoms with Gasteiger partial charge < -0.3 is 15.4 Å². The monoisotopic (exact) mass is 573 g/mol. The van der Waals surface area contributed by atoms with Gasteiger partial charge in [-0.15, -0.1) is 24.0 Å². The Kier molecular flexibility index (Phi) is 10.7. The Hall–Kier alpha value is -2.60. The predicted molar refractivity (Wildman–Crippen MR) is 132 cm³/mol. The Morgan fingerprint density at radius 3 is 2.21 bits per heavy atom. The van der Waals surface area contributed by atoms with Crippen LogP contribution in [0.3, 0.4) is 0 Å². The molecule has 0 bridgehead atoms. The molecule has 0 spiro atoms. The fourth-order valence-corrected chi connectivity index (χ4v) is 2.98. The van der Waals surface area contributed by atoms with Gasteiger partial charge in [-0.2, -0.15) is 18.3 Å². The lowest BCUT2D eigenvalue weighted by atomic mass is 10.1. The second-order valence-electron chi connectivity index (χ2n) is 7.24. The lowest BCUT2D eigenvalue weighted by molar-refractivity contribution is -0.176. The number of hydrogen-bond donors (Lipinski definition) is 2. The first-order valence-corrected chi connectivity index (χ1v) is 10.1. The first kappa shape index (κ1) is 26.7. The molecule has 1 aromatic heterocycles. The Labute approximate surface area is 208 Å². The normalized spacial score (nSPS) is 11.7. The van der Waals surface area contributed by atoms with Crippen molar-refractivity contribution in [1.29, 1.82) is 0 Å². The molecule has 10 heteroatoms. The van der Waals surface area contributed by atoms with Crippen LogP contribution in [0.5, 0.6) is 0 Å². The zero-order valence-electron chi connectivity index (χ0n) is 18.2. The van der Waals surface area contributed by atoms with Gasteiger partial charge in [0.25, 0.3) is 0 Å². The molecule has 1 heterocycles. The second kappa shape index (κ2) is 13.2. The van der Waals surface area contributed by atoms with E-state index in [0.29, 0.717) is 31.2 Å². The van der Waals surface area contributed by atoms with Crippen molar-refractivity contribution >= 4 is 29.9 Å². The molecule has 33 heavy (non-hydrogen) atoms. The highest BCUT2D eigenvalue weighted by Crippen LogP contribution is 2.15. The molecule has 178 valence electrons. The smallest absolute Gasteiger partial charge is 0.367 e. The number of ether oxygens (including phenoxy) is 1. The minimum Gasteiger partial charge on any atom is -0.367 e. The largest absolute Gasteiger partial charge is 0.411 e. The first-order chi connectivity index (χ1) is 15.4. The van der Waals surface area contributed by atoms with Crippen LogP contribution in [-0.4, -0.2) is 35.6 Å². The minimum absolute atomic E-state index is 0. The Morgan fingerprint density at radius 2 is 1.58 bits per heavy atom. The number of aliphatic imine (C=N–C) groups is 1. The maximum absolute atomic E-state index is 12.1. The SMILES string of the molecule is CN=C(NCc1ccc(COCC(F)(F)F)cc1)NCc1cnn(Cc2ccccc2)c1.I. The van der Waals surface area contributed by atoms with Crippen molar-refractivity contribution in [2.24, 2.45) is 4.99 Å². The average Bonchev–Trinajstić information content (AvgIpc) is 3.22. The van der Waals surface area contributed by atoms with Crippen molar-refractivity contribution in [2.75, 3.05) is 13.7 Å². The average molecular weight is 573 g/mol. The van der Waals surface area contributed by atoms with E-state index in [2.05, 4.69) is 37.6 Å². The molecule has 0 saturated carbocycles. The summed E-state index contributed by atoms with van der Waals surface area (Å²) in [6, 6.07) is 17.3. The van der Waals surface area contributed by atoms with E-state index in [4.69, 9.17) is 0 Å². The fraction of sp³-hybridized carbons (Fsp3) is 0.304. The van der Waals surface area contributed by atoms with Gasteiger partial charge in [-0.3, -0.25) is 9.67 Å². The highest BCUT2D eigenvalue weighted by atomic mass is 127. The fourth-order valence-electron chi connectivity index (χ4n) is 2.98. The molecule has 2 N–H and O–H groups in total. The van der Waals surface area contributed by atoms with E-state index < -0.39 is 12.8 Å². The lowest BCUT2D eigenvalue weighted by Crippen LogP contribution is -2.36. The summed E-state index contributed by atoms with van der Waals surface area (Å²) in [4.78, 5) is 4.21. The number of nitrogens with one attached hydrogen (secondary N) is 2. The number of benzene rings is 2. The van der Waals surface area contributed by atoms with Crippen molar-refractivity contribution < 1.29 is 17.9 Å². The number of alkyl halides is 3. The summed E-state index contributed by atoms with van der Waals surface area (Å²) in [7, 11) is 1.69. The maximum Gasteiger partial charge on any atom is 0.411 e. The van der Waals surface area contributed by atoms with E-state index in [0.717, 1.165) is 11.1 Å². The molecule has 0 radical (unpaired) electrons. The summed E-state index contributed by atoms with van der Waals surface area (Å²) >= 11 is 0. The minimum atomic E-state index is -4.31. The zero-order chi connectivity index (χ0) is 22.8. The number of aromatic nitrogens is 2. The quantitative estimate of drug-likeness (QED) is 0.225. The maximum atomic E-state index is 12.1. The first-order valence-electron chi connectivity index (χ1n) is 10.1. The van der Waals surface area contributed by atoms with Gasteiger partial charge in [0.05, 0.1) is 19.3 Å². The molecule has 0 fully saturated rings. The van der Waals surface area contributed by atoms with Gasteiger partial charge in [0.2, 0.25) is 0 Å². The lowest BCUT2D eigenvalue weighted by Gasteiger charge is -2.12. The number of rotatable bonds is 9. The predicted octanol–water partition coefficient (Wildman–Crippen LogP) is 4.49. The molecule has 0 aliphatic rings. The van der Waals surface area contributed by atoms with Crippen molar-refractivity contribution in [1.82, 2.24) is 20.4 Å². The zero-order valence-corrected chi connectivity index (χ0v) is 20.5. The van der Waals surface area contributed by atoms with E-state index in [-0.39, 0.29) is 30.6 Å². The van der Waals surface area contributed by atoms with E-state index in [1.54, 1.807) is 19.2 Å². The highest BCUT2D eigenvalue weighted by Gasteiger charge is 2.27. The van der Waals surface area contributed by atoms with Crippen LogP contribution < -0.4 is 10.6 Å². The molecule has 0 aliphatic heterocycles. The summed E-state index contributed by atoms with van der Waals surface area (Å²) in [5.41, 5.74) is 3.88. The standard InChI is InChI=1S/C23H26F3N5O.HI/c1-27-22(28-11-18-7-9-20(10-8-18)16-32-17-23(24,25)26)29-12-21-13-30-31(15-21)14-19-5-3-2-4-6-19;/h2-10,13,15H,11-12,14,16-17H2,1H3,(H2,27,28,29);1H. The molecular weight excluding hydrogens is 546 g/mol. The van der Waals surface area contributed by atoms with Crippen LogP contribution in [0.1, 0.15) is 22.3 Å². The van der Waals surface area contributed by atoms with Crippen LogP contribution in [0.4, 0.5) is 13.2 Å². The second-order valence-corrected chi connectivity index (χ2v) is 7.24. The molecule has 0 unspecified atom stereocenters. The van der Waals surface area contributed by atoms with Crippen LogP contribution in [0.2, 0.25) is 0 Å². The third kappa shape index (κ3) is 9.82. The summed E-state index contributed by atoms with van der Waals surface area (Å²) < 4.78 is 43.0. The van der Waals surface area contributed by atoms with Crippen LogP contribution in [0, 0.1) is 0 Å². The van der Waals surface area contributed by atoms with Gasteiger partial charge in [-0.25, -0.2) is 0 Å². The van der Waals surface area contributed by atoms with Crippen molar-refractivity contribution in [3.05, 3.63) is 89.2 Å². The summed E-state index contributed by atoms with van der Waals surface area (Å²) in [5, 5.41) is 10.9. The van der Waals surface area contributed by atoms with Crippen LogP contribution >= 0.6 is 24.0 Å². The number of guanidine groups is 1. The Morgan fingerprint density at radius 1 is 0.939 bits per heavy atom. The van der Waals surface area contributed by atoms with Crippen molar-refractivity contribution in [3.63, 3.8) is 0 Å². The number of hydrogen-bond acceptors (Lipinski definition) is 3. The van der Waals surface area contributed by atoms with E-state index in [9.17, 15) is 13.2 Å². The van der Waals surface area contributed by atoms with Crippen LogP contribution in [-0.2, 0) is 31.0 Å². The molecule has 6 nitrogen and oxygen atoms in total.